The molecule has 0 atom stereocenters. The fourth-order valence-corrected chi connectivity index (χ4v) is 2.75. The summed E-state index contributed by atoms with van der Waals surface area (Å²) in [5, 5.41) is 12.7. The van der Waals surface area contributed by atoms with Crippen molar-refractivity contribution in [3.63, 3.8) is 0 Å². The number of rotatable bonds is 7. The lowest BCUT2D eigenvalue weighted by molar-refractivity contribution is 0.0963. The fraction of sp³-hybridized carbons (Fsp3) is 0.429. The molecule has 0 radical (unpaired) electrons. The molecule has 0 saturated heterocycles. The summed E-state index contributed by atoms with van der Waals surface area (Å²) in [6.07, 6.45) is 1.59. The van der Waals surface area contributed by atoms with Gasteiger partial charge in [0, 0.05) is 26.7 Å². The minimum atomic E-state index is -0.277. The van der Waals surface area contributed by atoms with Gasteiger partial charge in [0.1, 0.15) is 21.5 Å². The van der Waals surface area contributed by atoms with Crippen LogP contribution in [0, 0.1) is 11.3 Å². The second-order valence-electron chi connectivity index (χ2n) is 4.86. The van der Waals surface area contributed by atoms with Crippen molar-refractivity contribution < 1.29 is 4.79 Å². The van der Waals surface area contributed by atoms with Gasteiger partial charge in [0.05, 0.1) is 5.69 Å². The maximum absolute atomic E-state index is 12.0. The van der Waals surface area contributed by atoms with E-state index in [2.05, 4.69) is 22.9 Å². The molecule has 0 aliphatic carbocycles. The van der Waals surface area contributed by atoms with Gasteiger partial charge in [-0.25, -0.2) is 0 Å². The molecule has 0 bridgehead atoms. The summed E-state index contributed by atoms with van der Waals surface area (Å²) >= 11 is 1.24. The highest BCUT2D eigenvalue weighted by Crippen LogP contribution is 2.37. The van der Waals surface area contributed by atoms with Crippen molar-refractivity contribution in [2.45, 2.75) is 0 Å². The topological polar surface area (TPSA) is 85.4 Å². The van der Waals surface area contributed by atoms with E-state index >= 15 is 0 Å². The molecule has 0 aliphatic heterocycles. The average Bonchev–Trinajstić information content (AvgIpc) is 2.79. The summed E-state index contributed by atoms with van der Waals surface area (Å²) in [5.74, 6) is -0.277. The van der Waals surface area contributed by atoms with Crippen molar-refractivity contribution in [2.24, 2.45) is 0 Å². The van der Waals surface area contributed by atoms with Gasteiger partial charge in [-0.15, -0.1) is 17.9 Å². The van der Waals surface area contributed by atoms with Crippen molar-refractivity contribution in [1.82, 2.24) is 10.2 Å². The van der Waals surface area contributed by atoms with Gasteiger partial charge < -0.3 is 20.9 Å². The Morgan fingerprint density at radius 1 is 1.48 bits per heavy atom. The van der Waals surface area contributed by atoms with Crippen LogP contribution in [-0.2, 0) is 0 Å². The maximum atomic E-state index is 12.0. The summed E-state index contributed by atoms with van der Waals surface area (Å²) in [4.78, 5) is 16.4. The van der Waals surface area contributed by atoms with Crippen LogP contribution in [0.5, 0.6) is 0 Å². The average molecular weight is 307 g/mol. The molecule has 114 valence electrons. The second kappa shape index (κ2) is 7.67. The van der Waals surface area contributed by atoms with E-state index in [1.54, 1.807) is 6.08 Å². The molecular weight excluding hydrogens is 286 g/mol. The molecule has 21 heavy (non-hydrogen) atoms. The third kappa shape index (κ3) is 4.21. The van der Waals surface area contributed by atoms with E-state index in [1.165, 1.54) is 11.3 Å². The van der Waals surface area contributed by atoms with Crippen molar-refractivity contribution in [2.75, 3.05) is 51.4 Å². The van der Waals surface area contributed by atoms with Gasteiger partial charge in [0.2, 0.25) is 0 Å². The molecule has 1 rings (SSSR count). The zero-order valence-electron chi connectivity index (χ0n) is 12.6. The van der Waals surface area contributed by atoms with Crippen molar-refractivity contribution in [3.05, 3.63) is 23.1 Å². The first-order valence-electron chi connectivity index (χ1n) is 6.49. The first kappa shape index (κ1) is 17.0. The number of carbonyl (C=O) groups excluding carboxylic acids is 1. The number of amides is 1. The number of nitrogens with zero attached hydrogens (tertiary/aromatic N) is 3. The van der Waals surface area contributed by atoms with Gasteiger partial charge in [0.25, 0.3) is 5.91 Å². The molecule has 1 aromatic heterocycles. The highest BCUT2D eigenvalue weighted by Gasteiger charge is 2.22. The first-order chi connectivity index (χ1) is 9.92. The third-order valence-corrected chi connectivity index (χ3v) is 4.20. The largest absolute Gasteiger partial charge is 0.396 e. The molecular formula is C14H21N5OS. The molecule has 0 unspecified atom stereocenters. The molecule has 1 heterocycles. The lowest BCUT2D eigenvalue weighted by Crippen LogP contribution is -2.28. The monoisotopic (exact) mass is 307 g/mol. The van der Waals surface area contributed by atoms with E-state index < -0.39 is 0 Å². The predicted molar refractivity (Wildman–Crippen MR) is 87.8 cm³/mol. The number of anilines is 2. The van der Waals surface area contributed by atoms with Crippen LogP contribution in [-0.4, -0.2) is 51.6 Å². The highest BCUT2D eigenvalue weighted by molar-refractivity contribution is 7.19. The quantitative estimate of drug-likeness (QED) is 0.737. The van der Waals surface area contributed by atoms with Crippen LogP contribution in [0.15, 0.2) is 12.7 Å². The van der Waals surface area contributed by atoms with Gasteiger partial charge in [-0.05, 0) is 14.1 Å². The van der Waals surface area contributed by atoms with Gasteiger partial charge in [-0.1, -0.05) is 6.08 Å². The molecule has 6 nitrogen and oxygen atoms in total. The highest BCUT2D eigenvalue weighted by atomic mass is 32.1. The van der Waals surface area contributed by atoms with Crippen LogP contribution in [0.1, 0.15) is 15.2 Å². The van der Waals surface area contributed by atoms with E-state index in [1.807, 2.05) is 26.0 Å². The molecule has 0 aliphatic rings. The molecule has 0 fully saturated rings. The van der Waals surface area contributed by atoms with E-state index in [-0.39, 0.29) is 11.6 Å². The van der Waals surface area contributed by atoms with Gasteiger partial charge in [-0.3, -0.25) is 4.79 Å². The van der Waals surface area contributed by atoms with Crippen molar-refractivity contribution in [1.29, 1.82) is 5.26 Å². The first-order valence-corrected chi connectivity index (χ1v) is 7.31. The standard InChI is InChI=1S/C14H21N5OS/c1-5-6-17-13(20)12-11(16)10(9-15)14(21-12)19(4)8-7-18(2)3/h5H,1,6-8,16H2,2-4H3,(H,17,20). The van der Waals surface area contributed by atoms with Gasteiger partial charge in [0.15, 0.2) is 0 Å². The van der Waals surface area contributed by atoms with E-state index in [9.17, 15) is 10.1 Å². The zero-order chi connectivity index (χ0) is 16.0. The number of likely N-dealkylation sites (N-methyl/N-ethyl adjacent to an activating group) is 2. The summed E-state index contributed by atoms with van der Waals surface area (Å²) in [6, 6.07) is 2.09. The predicted octanol–water partition coefficient (Wildman–Crippen LogP) is 1.12. The minimum Gasteiger partial charge on any atom is -0.396 e. The molecule has 7 heteroatoms. The molecule has 0 saturated carbocycles. The molecule has 1 aromatic rings. The van der Waals surface area contributed by atoms with Crippen molar-refractivity contribution >= 4 is 27.9 Å². The van der Waals surface area contributed by atoms with Crippen LogP contribution >= 0.6 is 11.3 Å². The number of hydrogen-bond acceptors (Lipinski definition) is 6. The Labute approximate surface area is 129 Å². The third-order valence-electron chi connectivity index (χ3n) is 2.88. The summed E-state index contributed by atoms with van der Waals surface area (Å²) < 4.78 is 0. The molecule has 3 N–H and O–H groups in total. The number of thiophene rings is 1. The Balaban J connectivity index is 3.03. The van der Waals surface area contributed by atoms with Crippen molar-refractivity contribution in [3.8, 4) is 6.07 Å². The minimum absolute atomic E-state index is 0.246. The maximum Gasteiger partial charge on any atom is 0.263 e. The SMILES string of the molecule is C=CCNC(=O)c1sc(N(C)CCN(C)C)c(C#N)c1N. The Bertz CT molecular complexity index is 558. The fourth-order valence-electron chi connectivity index (χ4n) is 1.67. The number of nitriles is 1. The van der Waals surface area contributed by atoms with E-state index in [4.69, 9.17) is 5.73 Å². The summed E-state index contributed by atoms with van der Waals surface area (Å²) in [7, 11) is 5.85. The number of nitrogens with two attached hydrogens (primary N) is 1. The second-order valence-corrected chi connectivity index (χ2v) is 5.86. The van der Waals surface area contributed by atoms with Crippen LogP contribution in [0.4, 0.5) is 10.7 Å². The Morgan fingerprint density at radius 2 is 2.14 bits per heavy atom. The Kier molecular flexibility index (Phi) is 6.21. The van der Waals surface area contributed by atoms with Crippen LogP contribution < -0.4 is 16.0 Å². The number of nitrogens with one attached hydrogen (secondary N) is 1. The molecule has 0 spiro atoms. The van der Waals surface area contributed by atoms with Gasteiger partial charge >= 0.3 is 0 Å². The smallest absolute Gasteiger partial charge is 0.263 e. The molecule has 0 aromatic carbocycles. The number of carbonyl (C=O) groups is 1. The number of nitrogen functional groups attached to an aromatic ring is 1. The summed E-state index contributed by atoms with van der Waals surface area (Å²) in [6.45, 7) is 5.50. The zero-order valence-corrected chi connectivity index (χ0v) is 13.5. The summed E-state index contributed by atoms with van der Waals surface area (Å²) in [5.41, 5.74) is 6.56. The van der Waals surface area contributed by atoms with E-state index in [0.717, 1.165) is 18.1 Å². The Morgan fingerprint density at radius 3 is 2.67 bits per heavy atom. The van der Waals surface area contributed by atoms with Crippen LogP contribution in [0.2, 0.25) is 0 Å². The molecule has 1 amide bonds. The van der Waals surface area contributed by atoms with Gasteiger partial charge in [-0.2, -0.15) is 5.26 Å². The number of hydrogen-bond donors (Lipinski definition) is 2. The normalized spacial score (nSPS) is 10.2. The lowest BCUT2D eigenvalue weighted by atomic mass is 10.2. The van der Waals surface area contributed by atoms with E-state index in [0.29, 0.717) is 17.0 Å². The lowest BCUT2D eigenvalue weighted by Gasteiger charge is -2.20. The van der Waals surface area contributed by atoms with Crippen LogP contribution in [0.25, 0.3) is 0 Å². The van der Waals surface area contributed by atoms with Crippen LogP contribution in [0.3, 0.4) is 0 Å². The Hall–Kier alpha value is -2.04.